The third-order valence-electron chi connectivity index (χ3n) is 4.26. The second kappa shape index (κ2) is 9.52. The largest absolute Gasteiger partial charge is 0.497 e. The van der Waals surface area contributed by atoms with Gasteiger partial charge in [0.05, 0.1) is 37.5 Å². The van der Waals surface area contributed by atoms with Gasteiger partial charge in [-0.2, -0.15) is 4.99 Å². The van der Waals surface area contributed by atoms with Crippen molar-refractivity contribution in [2.24, 2.45) is 4.99 Å². The molecule has 28 heavy (non-hydrogen) atoms. The van der Waals surface area contributed by atoms with Crippen LogP contribution in [0.2, 0.25) is 0 Å². The lowest BCUT2D eigenvalue weighted by molar-refractivity contribution is -0.117. The van der Waals surface area contributed by atoms with Crippen molar-refractivity contribution in [2.45, 2.75) is 19.9 Å². The first-order valence-corrected chi connectivity index (χ1v) is 9.92. The Hall–Kier alpha value is -2.64. The van der Waals surface area contributed by atoms with Gasteiger partial charge in [0.2, 0.25) is 0 Å². The minimum atomic E-state index is -0.197. The van der Waals surface area contributed by atoms with Crippen molar-refractivity contribution in [3.05, 3.63) is 52.8 Å². The molecule has 1 amide bonds. The summed E-state index contributed by atoms with van der Waals surface area (Å²) in [5.74, 6) is 1.31. The average Bonchev–Trinajstić information content (AvgIpc) is 3.04. The van der Waals surface area contributed by atoms with E-state index in [1.165, 1.54) is 11.3 Å². The Morgan fingerprint density at radius 2 is 1.89 bits per heavy atom. The Labute approximate surface area is 168 Å². The number of methoxy groups -OCH3 is 2. The molecule has 6 nitrogen and oxygen atoms in total. The summed E-state index contributed by atoms with van der Waals surface area (Å²) < 4.78 is 19.1. The number of carbonyl (C=O) groups is 1. The third kappa shape index (κ3) is 4.79. The zero-order valence-electron chi connectivity index (χ0n) is 16.3. The molecule has 0 aliphatic rings. The number of carbonyl (C=O) groups excluding carboxylic acids is 1. The Morgan fingerprint density at radius 1 is 1.11 bits per heavy atom. The Morgan fingerprint density at radius 3 is 2.64 bits per heavy atom. The molecule has 0 fully saturated rings. The third-order valence-corrected chi connectivity index (χ3v) is 5.30. The molecule has 0 atom stereocenters. The van der Waals surface area contributed by atoms with Gasteiger partial charge in [-0.05, 0) is 42.8 Å². The molecule has 1 heterocycles. The van der Waals surface area contributed by atoms with Crippen LogP contribution in [0, 0.1) is 0 Å². The van der Waals surface area contributed by atoms with Gasteiger partial charge >= 0.3 is 0 Å². The van der Waals surface area contributed by atoms with Crippen LogP contribution in [0.1, 0.15) is 12.5 Å². The molecule has 0 aliphatic heterocycles. The van der Waals surface area contributed by atoms with Gasteiger partial charge in [-0.1, -0.05) is 23.5 Å². The number of thiazole rings is 1. The maximum absolute atomic E-state index is 12.6. The Kier molecular flexibility index (Phi) is 6.84. The maximum Gasteiger partial charge on any atom is 0.252 e. The van der Waals surface area contributed by atoms with Gasteiger partial charge in [0, 0.05) is 13.2 Å². The normalized spacial score (nSPS) is 11.8. The number of hydrogen-bond acceptors (Lipinski definition) is 5. The summed E-state index contributed by atoms with van der Waals surface area (Å²) >= 11 is 1.47. The van der Waals surface area contributed by atoms with E-state index < -0.39 is 0 Å². The lowest BCUT2D eigenvalue weighted by Crippen LogP contribution is -2.20. The van der Waals surface area contributed by atoms with E-state index in [2.05, 4.69) is 4.99 Å². The average molecular weight is 401 g/mol. The number of benzene rings is 2. The smallest absolute Gasteiger partial charge is 0.252 e. The topological polar surface area (TPSA) is 62.1 Å². The second-order valence-electron chi connectivity index (χ2n) is 6.10. The standard InChI is InChI=1S/C21H24N2O4S/c1-4-27-11-10-23-18-9-8-17(26-3)14-19(18)28-21(23)22-20(24)13-15-6-5-7-16(12-15)25-2/h5-9,12,14H,4,10-11,13H2,1-3H3. The number of amides is 1. The molecule has 3 aromatic rings. The monoisotopic (exact) mass is 400 g/mol. The molecule has 7 heteroatoms. The van der Waals surface area contributed by atoms with Crippen molar-refractivity contribution in [1.82, 2.24) is 4.57 Å². The van der Waals surface area contributed by atoms with Crippen LogP contribution in [0.4, 0.5) is 0 Å². The SMILES string of the molecule is CCOCCn1c(=NC(=O)Cc2cccc(OC)c2)sc2cc(OC)ccc21. The van der Waals surface area contributed by atoms with Crippen LogP contribution in [0.5, 0.6) is 11.5 Å². The highest BCUT2D eigenvalue weighted by atomic mass is 32.1. The molecule has 2 aromatic carbocycles. The molecule has 0 aliphatic carbocycles. The number of aromatic nitrogens is 1. The minimum Gasteiger partial charge on any atom is -0.497 e. The number of fused-ring (bicyclic) bond motifs is 1. The number of nitrogens with zero attached hydrogens (tertiary/aromatic N) is 2. The lowest BCUT2D eigenvalue weighted by Gasteiger charge is -2.06. The van der Waals surface area contributed by atoms with Crippen LogP contribution in [-0.2, 0) is 22.5 Å². The summed E-state index contributed by atoms with van der Waals surface area (Å²) in [6.45, 7) is 3.80. The van der Waals surface area contributed by atoms with Crippen LogP contribution in [0.25, 0.3) is 10.2 Å². The second-order valence-corrected chi connectivity index (χ2v) is 7.11. The molecular formula is C21H24N2O4S. The van der Waals surface area contributed by atoms with Gasteiger partial charge in [0.25, 0.3) is 5.91 Å². The van der Waals surface area contributed by atoms with E-state index in [1.807, 2.05) is 54.0 Å². The quantitative estimate of drug-likeness (QED) is 0.544. The summed E-state index contributed by atoms with van der Waals surface area (Å²) in [7, 11) is 3.25. The molecule has 148 valence electrons. The summed E-state index contributed by atoms with van der Waals surface area (Å²) in [4.78, 5) is 17.6. The van der Waals surface area contributed by atoms with Crippen molar-refractivity contribution in [1.29, 1.82) is 0 Å². The first-order chi connectivity index (χ1) is 13.6. The summed E-state index contributed by atoms with van der Waals surface area (Å²) in [5, 5.41) is 0. The molecule has 3 rings (SSSR count). The van der Waals surface area contributed by atoms with E-state index in [0.717, 1.165) is 27.3 Å². The Balaban J connectivity index is 1.94. The molecule has 0 bridgehead atoms. The zero-order chi connectivity index (χ0) is 19.9. The van der Waals surface area contributed by atoms with Crippen LogP contribution in [0.15, 0.2) is 47.5 Å². The van der Waals surface area contributed by atoms with Crippen molar-refractivity contribution >= 4 is 27.5 Å². The number of rotatable bonds is 8. The molecule has 0 saturated heterocycles. The van der Waals surface area contributed by atoms with E-state index in [9.17, 15) is 4.79 Å². The van der Waals surface area contributed by atoms with Crippen molar-refractivity contribution in [3.8, 4) is 11.5 Å². The molecule has 0 unspecified atom stereocenters. The van der Waals surface area contributed by atoms with Gasteiger partial charge in [-0.25, -0.2) is 0 Å². The molecule has 0 radical (unpaired) electrons. The predicted molar refractivity (Wildman–Crippen MR) is 110 cm³/mol. The van der Waals surface area contributed by atoms with E-state index >= 15 is 0 Å². The number of hydrogen-bond donors (Lipinski definition) is 0. The molecule has 0 N–H and O–H groups in total. The van der Waals surface area contributed by atoms with Crippen LogP contribution >= 0.6 is 11.3 Å². The fraction of sp³-hybridized carbons (Fsp3) is 0.333. The molecule has 1 aromatic heterocycles. The van der Waals surface area contributed by atoms with Crippen LogP contribution in [0.3, 0.4) is 0 Å². The van der Waals surface area contributed by atoms with E-state index in [-0.39, 0.29) is 12.3 Å². The van der Waals surface area contributed by atoms with Gasteiger partial charge < -0.3 is 18.8 Å². The molecule has 0 saturated carbocycles. The molecular weight excluding hydrogens is 376 g/mol. The fourth-order valence-electron chi connectivity index (χ4n) is 2.89. The van der Waals surface area contributed by atoms with Gasteiger partial charge in [0.15, 0.2) is 4.80 Å². The fourth-order valence-corrected chi connectivity index (χ4v) is 3.99. The van der Waals surface area contributed by atoms with Crippen molar-refractivity contribution in [2.75, 3.05) is 27.4 Å². The van der Waals surface area contributed by atoms with E-state index in [0.29, 0.717) is 24.6 Å². The van der Waals surface area contributed by atoms with E-state index in [4.69, 9.17) is 14.2 Å². The highest BCUT2D eigenvalue weighted by Crippen LogP contribution is 2.23. The summed E-state index contributed by atoms with van der Waals surface area (Å²) in [6.07, 6.45) is 0.222. The maximum atomic E-state index is 12.6. The van der Waals surface area contributed by atoms with Crippen molar-refractivity contribution in [3.63, 3.8) is 0 Å². The first kappa shape index (κ1) is 20.1. The summed E-state index contributed by atoms with van der Waals surface area (Å²) in [5.41, 5.74) is 1.88. The summed E-state index contributed by atoms with van der Waals surface area (Å²) in [6, 6.07) is 13.3. The Bertz CT molecular complexity index is 1020. The van der Waals surface area contributed by atoms with Gasteiger partial charge in [-0.3, -0.25) is 4.79 Å². The van der Waals surface area contributed by atoms with Crippen LogP contribution < -0.4 is 14.3 Å². The predicted octanol–water partition coefficient (Wildman–Crippen LogP) is 3.43. The lowest BCUT2D eigenvalue weighted by atomic mass is 10.1. The highest BCUT2D eigenvalue weighted by Gasteiger charge is 2.10. The van der Waals surface area contributed by atoms with Gasteiger partial charge in [-0.15, -0.1) is 0 Å². The zero-order valence-corrected chi connectivity index (χ0v) is 17.1. The first-order valence-electron chi connectivity index (χ1n) is 9.10. The van der Waals surface area contributed by atoms with Gasteiger partial charge in [0.1, 0.15) is 11.5 Å². The number of ether oxygens (including phenoxy) is 3. The highest BCUT2D eigenvalue weighted by molar-refractivity contribution is 7.16. The molecule has 0 spiro atoms. The van der Waals surface area contributed by atoms with Crippen molar-refractivity contribution < 1.29 is 19.0 Å². The van der Waals surface area contributed by atoms with E-state index in [1.54, 1.807) is 14.2 Å². The van der Waals surface area contributed by atoms with Crippen LogP contribution in [-0.4, -0.2) is 37.9 Å². The minimum absolute atomic E-state index is 0.197.